The number of amides is 2. The van der Waals surface area contributed by atoms with Crippen LogP contribution < -0.4 is 35.8 Å². The number of ether oxygens (including phenoxy) is 3. The summed E-state index contributed by atoms with van der Waals surface area (Å²) in [6.07, 6.45) is 3.73. The molecular formula is C43H41F2N7O7. The molecule has 6 heterocycles. The van der Waals surface area contributed by atoms with Crippen LogP contribution in [0.25, 0.3) is 44.1 Å². The number of imide groups is 1. The van der Waals surface area contributed by atoms with Crippen molar-refractivity contribution < 1.29 is 32.6 Å². The number of carbonyl (C=O) groups is 2. The molecule has 1 atom stereocenters. The minimum Gasteiger partial charge on any atom is -0.496 e. The number of benzene rings is 3. The average molecular weight is 806 g/mol. The van der Waals surface area contributed by atoms with Crippen molar-refractivity contribution in [3.8, 4) is 33.8 Å². The quantitative estimate of drug-likeness (QED) is 0.202. The Bertz CT molecular complexity index is 2840. The summed E-state index contributed by atoms with van der Waals surface area (Å²) in [4.78, 5) is 59.7. The Kier molecular flexibility index (Phi) is 9.07. The lowest BCUT2D eigenvalue weighted by Crippen LogP contribution is -2.52. The highest BCUT2D eigenvalue weighted by atomic mass is 19.3. The first-order chi connectivity index (χ1) is 28.3. The third kappa shape index (κ3) is 6.11. The number of nitrogens with zero attached hydrogens (tertiary/aromatic N) is 6. The molecule has 3 aliphatic heterocycles. The number of alkyl halides is 2. The van der Waals surface area contributed by atoms with Gasteiger partial charge >= 0.3 is 5.69 Å². The largest absolute Gasteiger partial charge is 0.496 e. The van der Waals surface area contributed by atoms with E-state index in [4.69, 9.17) is 14.2 Å². The zero-order chi connectivity index (χ0) is 41.5. The Morgan fingerprint density at radius 3 is 2.34 bits per heavy atom. The maximum Gasteiger partial charge on any atom is 0.329 e. The van der Waals surface area contributed by atoms with E-state index in [2.05, 4.69) is 15.2 Å². The minimum atomic E-state index is -3.23. The number of piperidine rings is 1. The van der Waals surface area contributed by atoms with E-state index >= 15 is 8.78 Å². The van der Waals surface area contributed by atoms with Crippen molar-refractivity contribution in [2.24, 2.45) is 14.1 Å². The summed E-state index contributed by atoms with van der Waals surface area (Å²) in [7, 11) is 7.95. The topological polar surface area (TPSA) is 142 Å². The molecule has 0 saturated carbocycles. The Morgan fingerprint density at radius 2 is 1.64 bits per heavy atom. The van der Waals surface area contributed by atoms with Gasteiger partial charge in [-0.2, -0.15) is 8.78 Å². The molecule has 1 unspecified atom stereocenters. The standard InChI is InChI=1S/C43H41F2N7O7/c1-48-20-29(27-16-37(46-17-28(27)41(48)55)50-18-25(19-50)57-3)24-14-35(58-4)30(36(15-24)59-5)21-51-22-43(44,45)31-13-23(9-10-32(31)51)26-7-6-8-33-39(26)49(2)42(56)52(33)34-11-12-38(53)47-40(34)54/h6-10,13-17,20,25,34H,11-12,18-19,21-22H2,1-5H3,(H,47,53,54). The number of anilines is 2. The van der Waals surface area contributed by atoms with Gasteiger partial charge in [0, 0.05) is 80.9 Å². The molecule has 304 valence electrons. The number of para-hydroxylation sites is 1. The Morgan fingerprint density at radius 1 is 0.898 bits per heavy atom. The van der Waals surface area contributed by atoms with Gasteiger partial charge in [0.05, 0.1) is 55.4 Å². The van der Waals surface area contributed by atoms with Gasteiger partial charge in [0.1, 0.15) is 23.4 Å². The molecule has 59 heavy (non-hydrogen) atoms. The Balaban J connectivity index is 1.07. The number of rotatable bonds is 9. The fourth-order valence-electron chi connectivity index (χ4n) is 8.74. The third-order valence-electron chi connectivity index (χ3n) is 11.9. The number of nitrogens with one attached hydrogen (secondary N) is 1. The number of methoxy groups -OCH3 is 3. The van der Waals surface area contributed by atoms with Crippen molar-refractivity contribution in [3.05, 3.63) is 99.0 Å². The van der Waals surface area contributed by atoms with E-state index in [9.17, 15) is 19.2 Å². The SMILES string of the molecule is COc1cc(-c2cn(C)c(=O)c3cnc(N4CC(OC)C4)cc23)cc(OC)c1CN1CC(F)(F)c2cc(-c3cccc4c3n(C)c(=O)n4C3CCC(=O)NC3=O)ccc21. The molecule has 9 rings (SSSR count). The van der Waals surface area contributed by atoms with E-state index in [1.165, 1.54) is 34.0 Å². The highest BCUT2D eigenvalue weighted by molar-refractivity contribution is 6.01. The maximum atomic E-state index is 16.1. The molecule has 0 radical (unpaired) electrons. The average Bonchev–Trinajstić information content (AvgIpc) is 3.62. The number of aromatic nitrogens is 4. The first-order valence-corrected chi connectivity index (χ1v) is 19.2. The van der Waals surface area contributed by atoms with Crippen molar-refractivity contribution in [1.29, 1.82) is 0 Å². The van der Waals surface area contributed by atoms with E-state index < -0.39 is 36.0 Å². The van der Waals surface area contributed by atoms with Gasteiger partial charge in [-0.25, -0.2) is 9.78 Å². The van der Waals surface area contributed by atoms with Crippen molar-refractivity contribution in [2.75, 3.05) is 50.8 Å². The van der Waals surface area contributed by atoms with E-state index in [0.717, 1.165) is 11.4 Å². The lowest BCUT2D eigenvalue weighted by molar-refractivity contribution is -0.135. The van der Waals surface area contributed by atoms with Crippen LogP contribution in [0.4, 0.5) is 20.3 Å². The number of aryl methyl sites for hydroxylation is 2. The summed E-state index contributed by atoms with van der Waals surface area (Å²) in [6, 6.07) is 14.7. The molecular weight excluding hydrogens is 765 g/mol. The molecule has 2 amide bonds. The van der Waals surface area contributed by atoms with Crippen LogP contribution >= 0.6 is 0 Å². The van der Waals surface area contributed by atoms with Crippen molar-refractivity contribution in [3.63, 3.8) is 0 Å². The van der Waals surface area contributed by atoms with Crippen LogP contribution in [-0.2, 0) is 40.9 Å². The van der Waals surface area contributed by atoms with Gasteiger partial charge in [-0.3, -0.25) is 28.8 Å². The smallest absolute Gasteiger partial charge is 0.329 e. The van der Waals surface area contributed by atoms with Crippen LogP contribution in [0, 0.1) is 0 Å². The number of carbonyl (C=O) groups excluding carboxylic acids is 2. The van der Waals surface area contributed by atoms with Crippen LogP contribution in [0.15, 0.2) is 76.6 Å². The summed E-state index contributed by atoms with van der Waals surface area (Å²) in [5, 5.41) is 3.45. The molecule has 3 aromatic carbocycles. The van der Waals surface area contributed by atoms with E-state index in [0.29, 0.717) is 74.3 Å². The molecule has 2 saturated heterocycles. The monoisotopic (exact) mass is 805 g/mol. The van der Waals surface area contributed by atoms with Gasteiger partial charge in [0.2, 0.25) is 11.8 Å². The lowest BCUT2D eigenvalue weighted by Gasteiger charge is -2.39. The number of halogens is 2. The molecule has 1 N–H and O–H groups in total. The number of fused-ring (bicyclic) bond motifs is 3. The second-order valence-electron chi connectivity index (χ2n) is 15.3. The molecule has 0 bridgehead atoms. The fraction of sp³-hybridized carbons (Fsp3) is 0.326. The van der Waals surface area contributed by atoms with Crippen LogP contribution in [0.2, 0.25) is 0 Å². The molecule has 3 aromatic heterocycles. The predicted octanol–water partition coefficient (Wildman–Crippen LogP) is 4.86. The van der Waals surface area contributed by atoms with E-state index in [1.54, 1.807) is 68.8 Å². The summed E-state index contributed by atoms with van der Waals surface area (Å²) in [6.45, 7) is 0.799. The second kappa shape index (κ2) is 14.1. The highest BCUT2D eigenvalue weighted by Gasteiger charge is 2.44. The van der Waals surface area contributed by atoms with Crippen LogP contribution in [0.3, 0.4) is 0 Å². The normalized spacial score (nSPS) is 17.7. The molecule has 16 heteroatoms. The number of hydrogen-bond acceptors (Lipinski definition) is 10. The van der Waals surface area contributed by atoms with Crippen molar-refractivity contribution in [2.45, 2.75) is 37.5 Å². The van der Waals surface area contributed by atoms with Gasteiger partial charge in [-0.15, -0.1) is 0 Å². The minimum absolute atomic E-state index is 0.0329. The second-order valence-corrected chi connectivity index (χ2v) is 15.3. The molecule has 2 fully saturated rings. The van der Waals surface area contributed by atoms with Crippen LogP contribution in [0.1, 0.15) is 30.0 Å². The van der Waals surface area contributed by atoms with Gasteiger partial charge in [0.15, 0.2) is 0 Å². The van der Waals surface area contributed by atoms with Crippen LogP contribution in [-0.4, -0.2) is 77.6 Å². The molecule has 14 nitrogen and oxygen atoms in total. The molecule has 6 aromatic rings. The predicted molar refractivity (Wildman–Crippen MR) is 218 cm³/mol. The first kappa shape index (κ1) is 38.0. The summed E-state index contributed by atoms with van der Waals surface area (Å²) in [5.74, 6) is -2.63. The zero-order valence-corrected chi connectivity index (χ0v) is 33.0. The lowest BCUT2D eigenvalue weighted by atomic mass is 9.98. The number of pyridine rings is 2. The molecule has 0 spiro atoms. The Hall–Kier alpha value is -6.55. The van der Waals surface area contributed by atoms with Gasteiger partial charge in [-0.05, 0) is 53.9 Å². The van der Waals surface area contributed by atoms with Crippen LogP contribution in [0.5, 0.6) is 11.5 Å². The summed E-state index contributed by atoms with van der Waals surface area (Å²) in [5.41, 5.74) is 3.47. The summed E-state index contributed by atoms with van der Waals surface area (Å²) < 4.78 is 53.8. The maximum absolute atomic E-state index is 16.1. The van der Waals surface area contributed by atoms with Crippen molar-refractivity contribution >= 4 is 45.1 Å². The third-order valence-corrected chi connectivity index (χ3v) is 11.9. The summed E-state index contributed by atoms with van der Waals surface area (Å²) >= 11 is 0. The number of hydrogen-bond donors (Lipinski definition) is 1. The zero-order valence-electron chi connectivity index (χ0n) is 33.0. The Labute approximate surface area is 336 Å². The first-order valence-electron chi connectivity index (χ1n) is 19.2. The molecule has 0 aliphatic carbocycles. The van der Waals surface area contributed by atoms with Crippen molar-refractivity contribution in [1.82, 2.24) is 24.0 Å². The van der Waals surface area contributed by atoms with Gasteiger partial charge in [0.25, 0.3) is 11.5 Å². The highest BCUT2D eigenvalue weighted by Crippen LogP contribution is 2.48. The fourth-order valence-corrected chi connectivity index (χ4v) is 8.74. The van der Waals surface area contributed by atoms with Gasteiger partial charge in [-0.1, -0.05) is 18.2 Å². The number of imidazole rings is 1. The van der Waals surface area contributed by atoms with E-state index in [-0.39, 0.29) is 36.6 Å². The molecule has 3 aliphatic rings. The van der Waals surface area contributed by atoms with E-state index in [1.807, 2.05) is 18.2 Å². The van der Waals surface area contributed by atoms with Gasteiger partial charge < -0.3 is 28.6 Å².